The second kappa shape index (κ2) is 11.5. The number of nitrogens with zero attached hydrogens (tertiary/aromatic N) is 1. The third-order valence-electron chi connectivity index (χ3n) is 5.18. The van der Waals surface area contributed by atoms with Gasteiger partial charge in [-0.05, 0) is 51.1 Å². The lowest BCUT2D eigenvalue weighted by Crippen LogP contribution is -2.35. The average molecular weight is 412 g/mol. The molecule has 1 aromatic rings. The summed E-state index contributed by atoms with van der Waals surface area (Å²) in [6, 6.07) is 6.75. The van der Waals surface area contributed by atoms with Gasteiger partial charge in [-0.25, -0.2) is 13.1 Å². The molecule has 0 aliphatic heterocycles. The molecule has 0 radical (unpaired) electrons. The average Bonchev–Trinajstić information content (AvgIpc) is 2.71. The summed E-state index contributed by atoms with van der Waals surface area (Å²) in [5, 5.41) is 2.89. The van der Waals surface area contributed by atoms with Crippen LogP contribution in [-0.4, -0.2) is 65.7 Å². The van der Waals surface area contributed by atoms with Gasteiger partial charge in [0, 0.05) is 31.8 Å². The number of methoxy groups -OCH3 is 1. The van der Waals surface area contributed by atoms with Gasteiger partial charge >= 0.3 is 0 Å². The van der Waals surface area contributed by atoms with Crippen LogP contribution in [0.5, 0.6) is 0 Å². The molecule has 0 unspecified atom stereocenters. The second-order valence-corrected chi connectivity index (χ2v) is 9.07. The molecule has 28 heavy (non-hydrogen) atoms. The SMILES string of the molecule is COCCNS(=O)(=O)c1cccc(C(=O)NCCCN(C)C2CCCCC2)c1. The van der Waals surface area contributed by atoms with Crippen molar-refractivity contribution in [3.8, 4) is 0 Å². The van der Waals surface area contributed by atoms with Crippen LogP contribution in [0.3, 0.4) is 0 Å². The Labute approximate surface area is 168 Å². The van der Waals surface area contributed by atoms with Crippen molar-refractivity contribution in [3.63, 3.8) is 0 Å². The Morgan fingerprint density at radius 3 is 2.68 bits per heavy atom. The van der Waals surface area contributed by atoms with Crippen molar-refractivity contribution in [1.29, 1.82) is 0 Å². The van der Waals surface area contributed by atoms with Crippen molar-refractivity contribution >= 4 is 15.9 Å². The van der Waals surface area contributed by atoms with Gasteiger partial charge in [0.25, 0.3) is 5.91 Å². The molecule has 1 aliphatic rings. The molecule has 2 rings (SSSR count). The summed E-state index contributed by atoms with van der Waals surface area (Å²) in [4.78, 5) is 14.8. The highest BCUT2D eigenvalue weighted by Crippen LogP contribution is 2.21. The molecule has 2 N–H and O–H groups in total. The standard InChI is InChI=1S/C20H33N3O4S/c1-23(18-9-4-3-5-10-18)14-7-12-21-20(24)17-8-6-11-19(16-17)28(25,26)22-13-15-27-2/h6,8,11,16,18,22H,3-5,7,9-10,12-15H2,1-2H3,(H,21,24). The fraction of sp³-hybridized carbons (Fsp3) is 0.650. The lowest BCUT2D eigenvalue weighted by atomic mass is 9.94. The number of sulfonamides is 1. The zero-order valence-electron chi connectivity index (χ0n) is 16.9. The van der Waals surface area contributed by atoms with E-state index in [4.69, 9.17) is 4.74 Å². The number of ether oxygens (including phenoxy) is 1. The molecule has 8 heteroatoms. The Kier molecular flexibility index (Phi) is 9.37. The number of carbonyl (C=O) groups excluding carboxylic acids is 1. The lowest BCUT2D eigenvalue weighted by molar-refractivity contribution is 0.0950. The summed E-state index contributed by atoms with van der Waals surface area (Å²) >= 11 is 0. The van der Waals surface area contributed by atoms with E-state index in [1.165, 1.54) is 51.3 Å². The van der Waals surface area contributed by atoms with Gasteiger partial charge in [-0.2, -0.15) is 0 Å². The van der Waals surface area contributed by atoms with Crippen molar-refractivity contribution in [2.45, 2.75) is 49.5 Å². The molecule has 0 aromatic heterocycles. The zero-order chi connectivity index (χ0) is 20.4. The van der Waals surface area contributed by atoms with E-state index in [2.05, 4.69) is 22.0 Å². The summed E-state index contributed by atoms with van der Waals surface area (Å²) < 4.78 is 31.8. The Morgan fingerprint density at radius 1 is 1.21 bits per heavy atom. The quantitative estimate of drug-likeness (QED) is 0.544. The predicted octanol–water partition coefficient (Wildman–Crippen LogP) is 2.00. The highest BCUT2D eigenvalue weighted by Gasteiger charge is 2.18. The highest BCUT2D eigenvalue weighted by molar-refractivity contribution is 7.89. The fourth-order valence-electron chi connectivity index (χ4n) is 3.50. The van der Waals surface area contributed by atoms with Gasteiger partial charge in [-0.3, -0.25) is 4.79 Å². The van der Waals surface area contributed by atoms with Crippen LogP contribution in [0.25, 0.3) is 0 Å². The fourth-order valence-corrected chi connectivity index (χ4v) is 4.56. The summed E-state index contributed by atoms with van der Waals surface area (Å²) in [7, 11) is 0.00752. The minimum absolute atomic E-state index is 0.0771. The van der Waals surface area contributed by atoms with Gasteiger partial charge in [0.15, 0.2) is 0 Å². The molecule has 1 amide bonds. The first-order chi connectivity index (χ1) is 13.4. The maximum Gasteiger partial charge on any atom is 0.251 e. The minimum atomic E-state index is -3.65. The molecule has 0 atom stereocenters. The Balaban J connectivity index is 1.80. The summed E-state index contributed by atoms with van der Waals surface area (Å²) in [5.74, 6) is -0.255. The first kappa shape index (κ1) is 22.8. The molecular formula is C20H33N3O4S. The molecule has 1 saturated carbocycles. The molecule has 0 saturated heterocycles. The molecule has 1 aromatic carbocycles. The van der Waals surface area contributed by atoms with Crippen molar-refractivity contribution in [2.75, 3.05) is 40.4 Å². The van der Waals surface area contributed by atoms with E-state index in [1.807, 2.05) is 0 Å². The second-order valence-electron chi connectivity index (χ2n) is 7.30. The molecule has 0 heterocycles. The first-order valence-electron chi connectivity index (χ1n) is 10.0. The van der Waals surface area contributed by atoms with E-state index in [-0.39, 0.29) is 24.0 Å². The van der Waals surface area contributed by atoms with Gasteiger partial charge < -0.3 is 15.0 Å². The molecule has 158 valence electrons. The Hall–Kier alpha value is -1.48. The number of carbonyl (C=O) groups is 1. The molecule has 0 bridgehead atoms. The Morgan fingerprint density at radius 2 is 1.96 bits per heavy atom. The number of benzene rings is 1. The van der Waals surface area contributed by atoms with Gasteiger partial charge in [0.2, 0.25) is 10.0 Å². The van der Waals surface area contributed by atoms with Crippen LogP contribution in [-0.2, 0) is 14.8 Å². The van der Waals surface area contributed by atoms with E-state index in [0.29, 0.717) is 18.2 Å². The monoisotopic (exact) mass is 411 g/mol. The highest BCUT2D eigenvalue weighted by atomic mass is 32.2. The number of hydrogen-bond donors (Lipinski definition) is 2. The van der Waals surface area contributed by atoms with Crippen LogP contribution in [0, 0.1) is 0 Å². The van der Waals surface area contributed by atoms with Gasteiger partial charge in [0.05, 0.1) is 11.5 Å². The van der Waals surface area contributed by atoms with Crippen LogP contribution in [0.15, 0.2) is 29.2 Å². The van der Waals surface area contributed by atoms with E-state index in [9.17, 15) is 13.2 Å². The van der Waals surface area contributed by atoms with Crippen molar-refractivity contribution in [1.82, 2.24) is 14.9 Å². The van der Waals surface area contributed by atoms with E-state index >= 15 is 0 Å². The molecule has 0 spiro atoms. The summed E-state index contributed by atoms with van der Waals surface area (Å²) in [6.07, 6.45) is 7.37. The predicted molar refractivity (Wildman–Crippen MR) is 110 cm³/mol. The molecule has 7 nitrogen and oxygen atoms in total. The van der Waals surface area contributed by atoms with Crippen molar-refractivity contribution in [3.05, 3.63) is 29.8 Å². The summed E-state index contributed by atoms with van der Waals surface area (Å²) in [5.41, 5.74) is 0.343. The number of amides is 1. The van der Waals surface area contributed by atoms with Crippen molar-refractivity contribution in [2.24, 2.45) is 0 Å². The van der Waals surface area contributed by atoms with E-state index in [0.717, 1.165) is 13.0 Å². The van der Waals surface area contributed by atoms with Gasteiger partial charge in [0.1, 0.15) is 0 Å². The Bertz CT molecular complexity index is 718. The smallest absolute Gasteiger partial charge is 0.251 e. The first-order valence-corrected chi connectivity index (χ1v) is 11.5. The summed E-state index contributed by atoms with van der Waals surface area (Å²) in [6.45, 7) is 1.99. The topological polar surface area (TPSA) is 87.7 Å². The maximum absolute atomic E-state index is 12.4. The molecule has 1 fully saturated rings. The van der Waals surface area contributed by atoms with E-state index in [1.54, 1.807) is 12.1 Å². The van der Waals surface area contributed by atoms with Crippen LogP contribution in [0.1, 0.15) is 48.9 Å². The number of rotatable bonds is 11. The maximum atomic E-state index is 12.4. The third kappa shape index (κ3) is 7.16. The normalized spacial score (nSPS) is 15.7. The van der Waals surface area contributed by atoms with Crippen LogP contribution >= 0.6 is 0 Å². The molecule has 1 aliphatic carbocycles. The van der Waals surface area contributed by atoms with Crippen LogP contribution in [0.4, 0.5) is 0 Å². The lowest BCUT2D eigenvalue weighted by Gasteiger charge is -2.31. The minimum Gasteiger partial charge on any atom is -0.383 e. The van der Waals surface area contributed by atoms with Gasteiger partial charge in [-0.1, -0.05) is 25.3 Å². The largest absolute Gasteiger partial charge is 0.383 e. The van der Waals surface area contributed by atoms with Gasteiger partial charge in [-0.15, -0.1) is 0 Å². The van der Waals surface area contributed by atoms with Crippen molar-refractivity contribution < 1.29 is 17.9 Å². The third-order valence-corrected chi connectivity index (χ3v) is 6.63. The zero-order valence-corrected chi connectivity index (χ0v) is 17.8. The number of hydrogen-bond acceptors (Lipinski definition) is 5. The number of nitrogens with one attached hydrogen (secondary N) is 2. The molecular weight excluding hydrogens is 378 g/mol. The van der Waals surface area contributed by atoms with Crippen LogP contribution < -0.4 is 10.0 Å². The van der Waals surface area contributed by atoms with E-state index < -0.39 is 10.0 Å². The van der Waals surface area contributed by atoms with Crippen LogP contribution in [0.2, 0.25) is 0 Å².